The number of rotatable bonds is 3. The van der Waals surface area contributed by atoms with Gasteiger partial charge in [0.15, 0.2) is 0 Å². The topological polar surface area (TPSA) is 9.86 Å². The van der Waals surface area contributed by atoms with E-state index in [9.17, 15) is 0 Å². The van der Waals surface area contributed by atoms with Gasteiger partial charge in [0.1, 0.15) is 0 Å². The summed E-state index contributed by atoms with van der Waals surface area (Å²) in [5.74, 6) is 0. The third kappa shape index (κ3) is 6.54. The highest BCUT2D eigenvalue weighted by atomic mass is 32.2. The summed E-state index contributed by atoms with van der Waals surface area (Å²) >= 11 is 3.87. The Kier molecular flexibility index (Phi) is 10.4. The van der Waals surface area contributed by atoms with Crippen molar-refractivity contribution < 1.29 is 0 Å². The van der Waals surface area contributed by atoms with E-state index in [1.54, 1.807) is 0 Å². The molecule has 0 radical (unpaired) electrons. The van der Waals surface area contributed by atoms with Crippen molar-refractivity contribution in [3.8, 4) is 55.9 Å². The highest BCUT2D eigenvalue weighted by Crippen LogP contribution is 2.65. The molecule has 4 heteroatoms. The van der Waals surface area contributed by atoms with Gasteiger partial charge in [0.25, 0.3) is 0 Å². The molecule has 2 aromatic heterocycles. The molecule has 0 saturated heterocycles. The maximum Gasteiger partial charge on any atom is 0.0764 e. The van der Waals surface area contributed by atoms with Crippen LogP contribution in [0.3, 0.4) is 0 Å². The molecule has 17 aromatic rings. The Morgan fingerprint density at radius 3 is 1.39 bits per heavy atom. The van der Waals surface area contributed by atoms with E-state index in [0.29, 0.717) is 0 Å². The van der Waals surface area contributed by atoms with Crippen LogP contribution in [0.1, 0.15) is 69.5 Å². The van der Waals surface area contributed by atoms with E-state index in [0.717, 1.165) is 0 Å². The first-order valence-corrected chi connectivity index (χ1v) is 34.9. The van der Waals surface area contributed by atoms with Gasteiger partial charge in [-0.15, -0.1) is 0 Å². The molecule has 1 aliphatic carbocycles. The largest absolute Gasteiger partial charge is 0.309 e. The number of hydrogen-bond acceptors (Lipinski definition) is 2. The van der Waals surface area contributed by atoms with Gasteiger partial charge in [0, 0.05) is 46.5 Å². The monoisotopic (exact) mass is 1240 g/mol. The number of fused-ring (bicyclic) bond motifs is 28. The molecule has 4 aliphatic heterocycles. The third-order valence-corrected chi connectivity index (χ3v) is 25.1. The second kappa shape index (κ2) is 18.7. The molecule has 6 heterocycles. The van der Waals surface area contributed by atoms with E-state index in [1.807, 2.05) is 23.5 Å². The van der Waals surface area contributed by atoms with E-state index in [1.165, 1.54) is 196 Å². The molecule has 95 heavy (non-hydrogen) atoms. The van der Waals surface area contributed by atoms with Gasteiger partial charge >= 0.3 is 0 Å². The molecule has 22 rings (SSSR count). The molecule has 2 atom stereocenters. The second-order valence-electron chi connectivity index (χ2n) is 27.3. The minimum atomic E-state index is -0.594. The average Bonchev–Trinajstić information content (AvgIpc) is 1.65. The Hall–Kier alpha value is -10.9. The summed E-state index contributed by atoms with van der Waals surface area (Å²) < 4.78 is 5.12. The summed E-state index contributed by atoms with van der Waals surface area (Å²) in [6.45, 7) is 4.78. The van der Waals surface area contributed by atoms with Gasteiger partial charge in [0.2, 0.25) is 0 Å². The summed E-state index contributed by atoms with van der Waals surface area (Å²) in [6.07, 6.45) is 0. The van der Waals surface area contributed by atoms with E-state index >= 15 is 0 Å². The van der Waals surface area contributed by atoms with Crippen molar-refractivity contribution >= 4 is 88.7 Å². The van der Waals surface area contributed by atoms with Crippen LogP contribution in [0.15, 0.2) is 323 Å². The molecule has 0 bridgehead atoms. The van der Waals surface area contributed by atoms with Crippen molar-refractivity contribution in [2.24, 2.45) is 0 Å². The quantitative estimate of drug-likeness (QED) is 0.163. The molecule has 2 nitrogen and oxygen atoms in total. The molecule has 442 valence electrons. The number of para-hydroxylation sites is 5. The lowest BCUT2D eigenvalue weighted by Crippen LogP contribution is -2.37. The predicted octanol–water partition coefficient (Wildman–Crippen LogP) is 23.8. The van der Waals surface area contributed by atoms with Gasteiger partial charge in [0.05, 0.1) is 44.3 Å². The molecule has 0 saturated carbocycles. The molecule has 5 aliphatic rings. The van der Waals surface area contributed by atoms with Crippen LogP contribution in [-0.4, -0.2) is 9.13 Å². The van der Waals surface area contributed by atoms with Crippen LogP contribution in [0.5, 0.6) is 0 Å². The predicted molar refractivity (Wildman–Crippen MR) is 396 cm³/mol. The van der Waals surface area contributed by atoms with E-state index in [2.05, 4.69) is 326 Å². The van der Waals surface area contributed by atoms with Crippen LogP contribution in [0.2, 0.25) is 0 Å². The average molecular weight is 1240 g/mol. The van der Waals surface area contributed by atoms with E-state index in [-0.39, 0.29) is 5.41 Å². The van der Waals surface area contributed by atoms with Crippen LogP contribution in [0.25, 0.3) is 121 Å². The number of hydrogen-bond donors (Lipinski definition) is 0. The minimum Gasteiger partial charge on any atom is -0.309 e. The Morgan fingerprint density at radius 1 is 0.253 bits per heavy atom. The van der Waals surface area contributed by atoms with Crippen LogP contribution < -0.4 is 0 Å². The highest BCUT2D eigenvalue weighted by Gasteiger charge is 2.52. The van der Waals surface area contributed by atoms with Crippen molar-refractivity contribution in [2.45, 2.75) is 49.7 Å². The fraction of sp³-hybridized carbons (Fsp3) is 0.0549. The molecule has 0 fully saturated rings. The van der Waals surface area contributed by atoms with Crippen LogP contribution in [0.4, 0.5) is 0 Å². The lowest BCUT2D eigenvalue weighted by Gasteiger charge is -2.45. The van der Waals surface area contributed by atoms with Crippen molar-refractivity contribution in [3.63, 3.8) is 0 Å². The van der Waals surface area contributed by atoms with Crippen molar-refractivity contribution in [1.29, 1.82) is 0 Å². The van der Waals surface area contributed by atoms with E-state index < -0.39 is 10.8 Å². The SMILES string of the molecule is CC1(C)c2ccccc2-c2ccc(-c3cccc4c3Sc3ccccc3C43c4ccccc4-n4c5ccc(-c6ccc7cc(-c8cccc9c8Sc8ccccc8C98c9ccccc9-n9c%10ccccc%10c%10cccc8c%109)c8ccccc8c7c6)cc5c5cccc3c54)cc21. The van der Waals surface area contributed by atoms with Gasteiger partial charge in [-0.2, -0.15) is 0 Å². The molecule has 15 aromatic carbocycles. The Labute approximate surface area is 558 Å². The van der Waals surface area contributed by atoms with Gasteiger partial charge in [-0.3, -0.25) is 0 Å². The summed E-state index contributed by atoms with van der Waals surface area (Å²) in [5, 5.41) is 10.1. The number of nitrogens with zero attached hydrogens (tertiary/aromatic N) is 2. The second-order valence-corrected chi connectivity index (χ2v) is 29.4. The first-order chi connectivity index (χ1) is 46.9. The van der Waals surface area contributed by atoms with E-state index in [4.69, 9.17) is 0 Å². The Balaban J connectivity index is 0.708. The molecule has 0 amide bonds. The fourth-order valence-electron chi connectivity index (χ4n) is 18.7. The lowest BCUT2D eigenvalue weighted by molar-refractivity contribution is 0.660. The van der Waals surface area contributed by atoms with Crippen molar-refractivity contribution in [2.75, 3.05) is 0 Å². The summed E-state index contributed by atoms with van der Waals surface area (Å²) in [6, 6.07) is 117. The zero-order valence-corrected chi connectivity index (χ0v) is 53.7. The maximum absolute atomic E-state index is 2.59. The van der Waals surface area contributed by atoms with Crippen LogP contribution in [-0.2, 0) is 16.2 Å². The zero-order valence-electron chi connectivity index (χ0n) is 52.1. The van der Waals surface area contributed by atoms with Gasteiger partial charge in [-0.1, -0.05) is 280 Å². The summed E-state index contributed by atoms with van der Waals surface area (Å²) in [4.78, 5) is 5.22. The lowest BCUT2D eigenvalue weighted by atomic mass is 9.62. The van der Waals surface area contributed by atoms with Gasteiger partial charge in [-0.25, -0.2) is 0 Å². The number of benzene rings is 15. The first kappa shape index (κ1) is 52.6. The zero-order chi connectivity index (χ0) is 62.2. The summed E-state index contributed by atoms with van der Waals surface area (Å²) in [7, 11) is 0. The Morgan fingerprint density at radius 2 is 0.705 bits per heavy atom. The maximum atomic E-state index is 2.59. The van der Waals surface area contributed by atoms with Gasteiger partial charge in [-0.05, 0) is 182 Å². The fourth-order valence-corrected chi connectivity index (χ4v) is 21.4. The molecular formula is C91H56N2S2. The van der Waals surface area contributed by atoms with Crippen molar-refractivity contribution in [1.82, 2.24) is 9.13 Å². The molecule has 2 unspecified atom stereocenters. The molecule has 2 spiro atoms. The molecule has 0 N–H and O–H groups in total. The Bertz CT molecular complexity index is 6350. The normalized spacial score (nSPS) is 17.0. The highest BCUT2D eigenvalue weighted by molar-refractivity contribution is 8.00. The number of aromatic nitrogens is 2. The van der Waals surface area contributed by atoms with Crippen LogP contribution >= 0.6 is 23.5 Å². The standard InChI is InChI=1S/C91H56N2S2/c1-89(2)69-29-7-5-23-60(69)61-47-45-56(52-78(61)89)57-25-17-36-76-87(57)94-83-41-15-10-32-72(83)90(76)71-31-9-14-40-82(71)93-80-48-46-54(50-68(80)64-27-19-35-75(90)86(64)93)53-43-44-55-51-67(59-22-4-3-21-58(59)66(55)49-53)65-28-20-37-77-88(65)95-84-42-16-11-33-73(84)91(77)70-30-8-13-39-81(70)92-79-38-12-6-24-62(79)63-26-18-34-74(91)85(63)92/h3-52H,1-2H3. The summed E-state index contributed by atoms with van der Waals surface area (Å²) in [5.41, 5.74) is 29.8. The first-order valence-electron chi connectivity index (χ1n) is 33.2. The minimum absolute atomic E-state index is 0.107. The van der Waals surface area contributed by atoms with Crippen LogP contribution in [0, 0.1) is 0 Å². The van der Waals surface area contributed by atoms with Crippen molar-refractivity contribution in [3.05, 3.63) is 359 Å². The van der Waals surface area contributed by atoms with Gasteiger partial charge < -0.3 is 9.13 Å². The molecular weight excluding hydrogens is 1190 g/mol. The third-order valence-electron chi connectivity index (χ3n) is 22.6. The smallest absolute Gasteiger partial charge is 0.0764 e.